The van der Waals surface area contributed by atoms with Crippen LogP contribution in [0.2, 0.25) is 0 Å². The van der Waals surface area contributed by atoms with Crippen LogP contribution in [0.15, 0.2) is 53.4 Å². The third-order valence-corrected chi connectivity index (χ3v) is 6.38. The molecule has 178 valence electrons. The zero-order valence-corrected chi connectivity index (χ0v) is 19.8. The highest BCUT2D eigenvalue weighted by Crippen LogP contribution is 2.33. The van der Waals surface area contributed by atoms with E-state index in [1.54, 1.807) is 20.1 Å². The van der Waals surface area contributed by atoms with Gasteiger partial charge in [0.05, 0.1) is 18.2 Å². The van der Waals surface area contributed by atoms with Crippen molar-refractivity contribution in [2.24, 2.45) is 0 Å². The largest absolute Gasteiger partial charge is 0.464 e. The number of aliphatic hydroxyl groups is 1. The van der Waals surface area contributed by atoms with E-state index in [2.05, 4.69) is 44.5 Å². The van der Waals surface area contributed by atoms with Gasteiger partial charge in [-0.2, -0.15) is 9.97 Å². The lowest BCUT2D eigenvalue weighted by atomic mass is 10.1. The molecule has 0 atom stereocenters. The number of nitrogens with one attached hydrogen (secondary N) is 2. The van der Waals surface area contributed by atoms with Gasteiger partial charge in [0, 0.05) is 24.7 Å². The van der Waals surface area contributed by atoms with E-state index >= 15 is 0 Å². The Bertz CT molecular complexity index is 1220. The topological polar surface area (TPSA) is 101 Å². The molecule has 0 saturated heterocycles. The first-order valence-electron chi connectivity index (χ1n) is 12.0. The Kier molecular flexibility index (Phi) is 6.24. The van der Waals surface area contributed by atoms with Crippen LogP contribution >= 0.6 is 0 Å². The number of benzene rings is 1. The maximum atomic E-state index is 10.1. The van der Waals surface area contributed by atoms with Crippen LogP contribution in [0.5, 0.6) is 0 Å². The summed E-state index contributed by atoms with van der Waals surface area (Å²) in [6, 6.07) is 12.6. The summed E-state index contributed by atoms with van der Waals surface area (Å²) < 4.78 is 7.68. The minimum absolute atomic E-state index is 0.436. The zero-order chi connectivity index (χ0) is 23.5. The second kappa shape index (κ2) is 9.46. The molecule has 0 unspecified atom stereocenters. The molecule has 0 amide bonds. The average Bonchev–Trinajstić information content (AvgIpc) is 3.58. The summed E-state index contributed by atoms with van der Waals surface area (Å²) in [5, 5.41) is 16.8. The van der Waals surface area contributed by atoms with Crippen LogP contribution in [0, 0.1) is 0 Å². The van der Waals surface area contributed by atoms with E-state index in [-0.39, 0.29) is 0 Å². The molecule has 0 aliphatic heterocycles. The van der Waals surface area contributed by atoms with Crippen molar-refractivity contribution in [3.05, 3.63) is 54.6 Å². The molecule has 4 aromatic rings. The maximum Gasteiger partial charge on any atom is 0.226 e. The molecule has 8 nitrogen and oxygen atoms in total. The monoisotopic (exact) mass is 460 g/mol. The normalized spacial score (nSPS) is 14.7. The van der Waals surface area contributed by atoms with Crippen molar-refractivity contribution in [1.82, 2.24) is 19.5 Å². The summed E-state index contributed by atoms with van der Waals surface area (Å²) in [5.41, 5.74) is 3.07. The number of anilines is 2. The molecule has 1 fully saturated rings. The Morgan fingerprint density at radius 1 is 1.09 bits per heavy atom. The third kappa shape index (κ3) is 5.07. The van der Waals surface area contributed by atoms with E-state index in [9.17, 15) is 5.11 Å². The number of fused-ring (bicyclic) bond motifs is 1. The van der Waals surface area contributed by atoms with Crippen molar-refractivity contribution in [2.45, 2.75) is 64.1 Å². The van der Waals surface area contributed by atoms with Gasteiger partial charge in [-0.05, 0) is 50.8 Å². The van der Waals surface area contributed by atoms with Crippen LogP contribution < -0.4 is 10.6 Å². The lowest BCUT2D eigenvalue weighted by Crippen LogP contribution is -2.23. The Hall–Kier alpha value is -3.39. The second-order valence-corrected chi connectivity index (χ2v) is 9.68. The predicted octanol–water partition coefficient (Wildman–Crippen LogP) is 5.39. The number of imidazole rings is 1. The van der Waals surface area contributed by atoms with E-state index in [4.69, 9.17) is 14.4 Å². The van der Waals surface area contributed by atoms with Crippen LogP contribution in [0.1, 0.15) is 57.6 Å². The molecule has 0 radical (unpaired) electrons. The maximum absolute atomic E-state index is 10.1. The summed E-state index contributed by atoms with van der Waals surface area (Å²) in [6.45, 7) is 4.81. The number of furan rings is 1. The van der Waals surface area contributed by atoms with E-state index in [1.165, 1.54) is 12.8 Å². The standard InChI is InChI=1S/C26H32N6O2/c1-26(2,33)13-14-27-25-30-23(22-24(31-25)32(17-29-22)20-6-3-4-7-20)28-16-18-9-11-19(12-10-18)21-8-5-15-34-21/h5,8-12,15,17,20,33H,3-4,6-7,13-14,16H2,1-2H3,(H2,27,28,30,31). The van der Waals surface area contributed by atoms with Gasteiger partial charge in [0.1, 0.15) is 5.76 Å². The third-order valence-electron chi connectivity index (χ3n) is 6.38. The van der Waals surface area contributed by atoms with Crippen LogP contribution in [-0.4, -0.2) is 36.8 Å². The minimum Gasteiger partial charge on any atom is -0.464 e. The lowest BCUT2D eigenvalue weighted by molar-refractivity contribution is 0.0748. The van der Waals surface area contributed by atoms with Gasteiger partial charge >= 0.3 is 0 Å². The highest BCUT2D eigenvalue weighted by atomic mass is 16.3. The average molecular weight is 461 g/mol. The highest BCUT2D eigenvalue weighted by molar-refractivity contribution is 5.84. The van der Waals surface area contributed by atoms with Crippen molar-refractivity contribution in [1.29, 1.82) is 0 Å². The van der Waals surface area contributed by atoms with Gasteiger partial charge in [0.15, 0.2) is 17.0 Å². The molecule has 34 heavy (non-hydrogen) atoms. The Labute approximate surface area is 199 Å². The number of rotatable bonds is 9. The van der Waals surface area contributed by atoms with E-state index in [0.717, 1.165) is 40.9 Å². The first-order chi connectivity index (χ1) is 16.5. The van der Waals surface area contributed by atoms with Gasteiger partial charge in [-0.1, -0.05) is 37.1 Å². The number of hydrogen-bond acceptors (Lipinski definition) is 7. The Morgan fingerprint density at radius 2 is 1.88 bits per heavy atom. The van der Waals surface area contributed by atoms with Crippen molar-refractivity contribution >= 4 is 22.9 Å². The molecular weight excluding hydrogens is 428 g/mol. The van der Waals surface area contributed by atoms with Crippen LogP contribution in [0.3, 0.4) is 0 Å². The molecule has 0 bridgehead atoms. The van der Waals surface area contributed by atoms with Crippen molar-refractivity contribution < 1.29 is 9.52 Å². The molecule has 8 heteroatoms. The number of nitrogens with zero attached hydrogens (tertiary/aromatic N) is 4. The van der Waals surface area contributed by atoms with Crippen molar-refractivity contribution in [3.8, 4) is 11.3 Å². The Balaban J connectivity index is 1.38. The first-order valence-corrected chi connectivity index (χ1v) is 12.0. The van der Waals surface area contributed by atoms with Gasteiger partial charge in [-0.15, -0.1) is 0 Å². The Morgan fingerprint density at radius 3 is 2.59 bits per heavy atom. The summed E-state index contributed by atoms with van der Waals surface area (Å²) in [4.78, 5) is 14.2. The molecule has 3 aromatic heterocycles. The molecule has 0 spiro atoms. The zero-order valence-electron chi connectivity index (χ0n) is 19.8. The quantitative estimate of drug-likeness (QED) is 0.308. The van der Waals surface area contributed by atoms with Crippen molar-refractivity contribution in [2.75, 3.05) is 17.2 Å². The van der Waals surface area contributed by atoms with Gasteiger partial charge in [-0.3, -0.25) is 0 Å². The van der Waals surface area contributed by atoms with Gasteiger partial charge in [0.2, 0.25) is 5.95 Å². The van der Waals surface area contributed by atoms with Crippen molar-refractivity contribution in [3.63, 3.8) is 0 Å². The fourth-order valence-corrected chi connectivity index (χ4v) is 4.46. The number of hydrogen-bond donors (Lipinski definition) is 3. The lowest BCUT2D eigenvalue weighted by Gasteiger charge is -2.17. The van der Waals surface area contributed by atoms with E-state index < -0.39 is 5.60 Å². The molecule has 1 aliphatic rings. The molecule has 1 saturated carbocycles. The smallest absolute Gasteiger partial charge is 0.226 e. The second-order valence-electron chi connectivity index (χ2n) is 9.68. The fraction of sp³-hybridized carbons (Fsp3) is 0.423. The summed E-state index contributed by atoms with van der Waals surface area (Å²) in [7, 11) is 0. The van der Waals surface area contributed by atoms with E-state index in [0.29, 0.717) is 37.3 Å². The van der Waals surface area contributed by atoms with Crippen LogP contribution in [0.4, 0.5) is 11.8 Å². The predicted molar refractivity (Wildman–Crippen MR) is 134 cm³/mol. The molecule has 3 heterocycles. The molecule has 1 aromatic carbocycles. The van der Waals surface area contributed by atoms with Gasteiger partial charge in [0.25, 0.3) is 0 Å². The molecule has 5 rings (SSSR count). The number of aromatic nitrogens is 4. The molecular formula is C26H32N6O2. The molecule has 1 aliphatic carbocycles. The minimum atomic E-state index is -0.744. The van der Waals surface area contributed by atoms with Crippen LogP contribution in [0.25, 0.3) is 22.5 Å². The van der Waals surface area contributed by atoms with Gasteiger partial charge in [-0.25, -0.2) is 4.98 Å². The van der Waals surface area contributed by atoms with Gasteiger partial charge < -0.3 is 24.7 Å². The van der Waals surface area contributed by atoms with Crippen LogP contribution in [-0.2, 0) is 6.54 Å². The summed E-state index contributed by atoms with van der Waals surface area (Å²) in [6.07, 6.45) is 8.98. The molecule has 3 N–H and O–H groups in total. The SMILES string of the molecule is CC(C)(O)CCNc1nc(NCc2ccc(-c3ccco3)cc2)c2ncn(C3CCCC3)c2n1. The highest BCUT2D eigenvalue weighted by Gasteiger charge is 2.22. The summed E-state index contributed by atoms with van der Waals surface area (Å²) >= 11 is 0. The summed E-state index contributed by atoms with van der Waals surface area (Å²) in [5.74, 6) is 2.12. The fourth-order valence-electron chi connectivity index (χ4n) is 4.46. The first kappa shape index (κ1) is 22.4. The van der Waals surface area contributed by atoms with E-state index in [1.807, 2.05) is 18.5 Å².